The average molecular weight is 366 g/mol. The summed E-state index contributed by atoms with van der Waals surface area (Å²) in [4.78, 5) is 3.16. The molecule has 0 atom stereocenters. The molecule has 0 saturated carbocycles. The Labute approximate surface area is 155 Å². The van der Waals surface area contributed by atoms with Crippen molar-refractivity contribution in [3.63, 3.8) is 0 Å². The summed E-state index contributed by atoms with van der Waals surface area (Å²) in [7, 11) is 0. The number of benzene rings is 2. The van der Waals surface area contributed by atoms with Gasteiger partial charge in [-0.2, -0.15) is 0 Å². The number of aromatic amines is 1. The minimum absolute atomic E-state index is 0.178. The molecule has 0 bridgehead atoms. The predicted molar refractivity (Wildman–Crippen MR) is 103 cm³/mol. The van der Waals surface area contributed by atoms with Gasteiger partial charge in [0.05, 0.1) is 11.3 Å². The molecule has 26 heavy (non-hydrogen) atoms. The molecular formula is C19H18N4O2S. The van der Waals surface area contributed by atoms with Crippen molar-refractivity contribution in [2.75, 3.05) is 0 Å². The largest absolute Gasteiger partial charge is 0.504 e. The zero-order valence-corrected chi connectivity index (χ0v) is 15.2. The van der Waals surface area contributed by atoms with E-state index >= 15 is 0 Å². The first-order valence-electron chi connectivity index (χ1n) is 8.24. The third-order valence-electron chi connectivity index (χ3n) is 4.46. The summed E-state index contributed by atoms with van der Waals surface area (Å²) in [6.07, 6.45) is 1.87. The van der Waals surface area contributed by atoms with Crippen molar-refractivity contribution in [2.24, 2.45) is 0 Å². The van der Waals surface area contributed by atoms with E-state index in [4.69, 9.17) is 0 Å². The summed E-state index contributed by atoms with van der Waals surface area (Å²) in [5.41, 5.74) is 3.14. The number of nitrogens with one attached hydrogen (secondary N) is 1. The minimum atomic E-state index is -0.223. The van der Waals surface area contributed by atoms with E-state index < -0.39 is 0 Å². The fourth-order valence-corrected chi connectivity index (χ4v) is 3.27. The zero-order chi connectivity index (χ0) is 18.4. The van der Waals surface area contributed by atoms with E-state index in [2.05, 4.69) is 27.8 Å². The number of hydrogen-bond acceptors (Lipinski definition) is 5. The number of phenolic OH excluding ortho intramolecular Hbond substituents is 2. The molecule has 4 aromatic rings. The highest BCUT2D eigenvalue weighted by molar-refractivity contribution is 7.80. The number of hydrogen-bond donors (Lipinski definition) is 4. The van der Waals surface area contributed by atoms with E-state index in [9.17, 15) is 10.2 Å². The van der Waals surface area contributed by atoms with Gasteiger partial charge in [0.2, 0.25) is 0 Å². The lowest BCUT2D eigenvalue weighted by Gasteiger charge is -2.13. The van der Waals surface area contributed by atoms with E-state index in [1.165, 1.54) is 0 Å². The number of rotatable bonds is 3. The van der Waals surface area contributed by atoms with Crippen molar-refractivity contribution in [1.82, 2.24) is 19.7 Å². The van der Waals surface area contributed by atoms with Crippen molar-refractivity contribution in [1.29, 1.82) is 0 Å². The molecule has 4 rings (SSSR count). The Kier molecular flexibility index (Phi) is 3.88. The molecule has 0 spiro atoms. The zero-order valence-electron chi connectivity index (χ0n) is 14.3. The molecule has 0 amide bonds. The molecule has 0 unspecified atom stereocenters. The molecular weight excluding hydrogens is 348 g/mol. The van der Waals surface area contributed by atoms with Gasteiger partial charge in [-0.05, 0) is 47.9 Å². The van der Waals surface area contributed by atoms with Gasteiger partial charge in [0.1, 0.15) is 0 Å². The highest BCUT2D eigenvalue weighted by Gasteiger charge is 2.20. The van der Waals surface area contributed by atoms with Gasteiger partial charge in [-0.25, -0.2) is 0 Å². The maximum atomic E-state index is 10.4. The van der Waals surface area contributed by atoms with E-state index in [1.54, 1.807) is 10.6 Å². The fraction of sp³-hybridized carbons (Fsp3) is 0.158. The van der Waals surface area contributed by atoms with Crippen molar-refractivity contribution >= 4 is 23.5 Å². The molecule has 0 radical (unpaired) electrons. The highest BCUT2D eigenvalue weighted by atomic mass is 32.1. The number of phenols is 2. The molecule has 2 aromatic heterocycles. The standard InChI is InChI=1S/C19H18N4O2S/c1-10(2)12-8-14(17(25)16(24)9-12)18-21-22-19(26)23(18)13-3-4-15-11(7-13)5-6-20-15/h3-10,20,24-25H,1-2H3,(H,22,26). The van der Waals surface area contributed by atoms with Crippen molar-refractivity contribution < 1.29 is 10.2 Å². The summed E-state index contributed by atoms with van der Waals surface area (Å²) in [6, 6.07) is 11.2. The Bertz CT molecular complexity index is 1110. The smallest absolute Gasteiger partial charge is 0.193 e. The Morgan fingerprint density at radius 3 is 2.65 bits per heavy atom. The van der Waals surface area contributed by atoms with Crippen LogP contribution in [-0.2, 0) is 0 Å². The summed E-state index contributed by atoms with van der Waals surface area (Å²) in [5.74, 6) is 0.199. The Hall–Kier alpha value is -2.93. The van der Waals surface area contributed by atoms with E-state index in [-0.39, 0.29) is 17.4 Å². The lowest BCUT2D eigenvalue weighted by Crippen LogP contribution is -2.00. The van der Waals surface area contributed by atoms with Crippen LogP contribution in [0.4, 0.5) is 0 Å². The second-order valence-electron chi connectivity index (χ2n) is 6.50. The molecule has 0 aliphatic heterocycles. The van der Waals surface area contributed by atoms with Gasteiger partial charge in [0.15, 0.2) is 22.5 Å². The van der Waals surface area contributed by atoms with Gasteiger partial charge < -0.3 is 15.2 Å². The van der Waals surface area contributed by atoms with Crippen LogP contribution in [0.15, 0.2) is 47.8 Å². The van der Waals surface area contributed by atoms with Crippen molar-refractivity contribution in [3.05, 3.63) is 48.2 Å². The first-order chi connectivity index (χ1) is 12.5. The molecule has 6 nitrogen and oxygen atoms in total. The lowest BCUT2D eigenvalue weighted by molar-refractivity contribution is 0.404. The first kappa shape index (κ1) is 16.5. The molecule has 3 N–H and O–H groups in total. The van der Waals surface area contributed by atoms with Crippen LogP contribution in [0.1, 0.15) is 25.3 Å². The number of fused-ring (bicyclic) bond motifs is 1. The van der Waals surface area contributed by atoms with Gasteiger partial charge in [0, 0.05) is 17.1 Å². The number of thiol groups is 1. The summed E-state index contributed by atoms with van der Waals surface area (Å²) in [5, 5.41) is 30.2. The molecule has 7 heteroatoms. The van der Waals surface area contributed by atoms with Crippen molar-refractivity contribution in [2.45, 2.75) is 24.9 Å². The first-order valence-corrected chi connectivity index (χ1v) is 8.68. The minimum Gasteiger partial charge on any atom is -0.504 e. The van der Waals surface area contributed by atoms with Crippen LogP contribution >= 0.6 is 12.6 Å². The van der Waals surface area contributed by atoms with E-state index in [1.807, 2.05) is 50.4 Å². The van der Waals surface area contributed by atoms with Crippen LogP contribution < -0.4 is 0 Å². The second-order valence-corrected chi connectivity index (χ2v) is 6.90. The maximum Gasteiger partial charge on any atom is 0.193 e. The summed E-state index contributed by atoms with van der Waals surface area (Å²) < 4.78 is 1.74. The van der Waals surface area contributed by atoms with Gasteiger partial charge in [-0.3, -0.25) is 4.57 Å². The number of nitrogens with zero attached hydrogens (tertiary/aromatic N) is 3. The third kappa shape index (κ3) is 2.61. The van der Waals surface area contributed by atoms with Crippen LogP contribution in [0.5, 0.6) is 11.5 Å². The third-order valence-corrected chi connectivity index (χ3v) is 4.75. The van der Waals surface area contributed by atoms with Gasteiger partial charge in [-0.1, -0.05) is 13.8 Å². The van der Waals surface area contributed by atoms with Crippen LogP contribution in [-0.4, -0.2) is 30.0 Å². The second kappa shape index (κ2) is 6.10. The number of aromatic hydroxyl groups is 2. The number of H-pyrrole nitrogens is 1. The number of aromatic nitrogens is 4. The Morgan fingerprint density at radius 1 is 1.08 bits per heavy atom. The molecule has 0 aliphatic rings. The van der Waals surface area contributed by atoms with Crippen LogP contribution in [0.2, 0.25) is 0 Å². The van der Waals surface area contributed by atoms with Crippen LogP contribution in [0, 0.1) is 0 Å². The lowest BCUT2D eigenvalue weighted by atomic mass is 9.99. The highest BCUT2D eigenvalue weighted by Crippen LogP contribution is 2.40. The van der Waals surface area contributed by atoms with Crippen molar-refractivity contribution in [3.8, 4) is 28.6 Å². The molecule has 2 aromatic carbocycles. The topological polar surface area (TPSA) is 87.0 Å². The average Bonchev–Trinajstić information content (AvgIpc) is 3.22. The molecule has 0 saturated heterocycles. The molecule has 0 fully saturated rings. The summed E-state index contributed by atoms with van der Waals surface area (Å²) >= 11 is 4.42. The SMILES string of the molecule is CC(C)c1cc(O)c(O)c(-c2nnc(S)n2-c2ccc3[nH]ccc3c2)c1. The fourth-order valence-electron chi connectivity index (χ4n) is 3.01. The van der Waals surface area contributed by atoms with Crippen LogP contribution in [0.3, 0.4) is 0 Å². The quantitative estimate of drug-likeness (QED) is 0.323. The molecule has 132 valence electrons. The van der Waals surface area contributed by atoms with E-state index in [0.717, 1.165) is 22.2 Å². The Balaban J connectivity index is 1.95. The van der Waals surface area contributed by atoms with E-state index in [0.29, 0.717) is 16.5 Å². The van der Waals surface area contributed by atoms with Gasteiger partial charge >= 0.3 is 0 Å². The normalized spacial score (nSPS) is 11.5. The molecule has 0 aliphatic carbocycles. The Morgan fingerprint density at radius 2 is 1.88 bits per heavy atom. The molecule has 2 heterocycles. The maximum absolute atomic E-state index is 10.4. The van der Waals surface area contributed by atoms with Crippen LogP contribution in [0.25, 0.3) is 28.0 Å². The predicted octanol–water partition coefficient (Wildman–Crippen LogP) is 4.24. The monoisotopic (exact) mass is 366 g/mol. The van der Waals surface area contributed by atoms with Gasteiger partial charge in [-0.15, -0.1) is 22.8 Å². The summed E-state index contributed by atoms with van der Waals surface area (Å²) in [6.45, 7) is 4.04. The van der Waals surface area contributed by atoms with Gasteiger partial charge in [0.25, 0.3) is 0 Å².